The molecule has 0 aliphatic rings. The lowest BCUT2D eigenvalue weighted by molar-refractivity contribution is 0.102. The van der Waals surface area contributed by atoms with Gasteiger partial charge in [-0.2, -0.15) is 0 Å². The summed E-state index contributed by atoms with van der Waals surface area (Å²) in [7, 11) is 0. The van der Waals surface area contributed by atoms with Crippen LogP contribution in [0.15, 0.2) is 40.9 Å². The minimum Gasteiger partial charge on any atom is -0.321 e. The van der Waals surface area contributed by atoms with E-state index in [4.69, 9.17) is 11.6 Å². The summed E-state index contributed by atoms with van der Waals surface area (Å²) < 4.78 is 0.860. The molecule has 0 unspecified atom stereocenters. The largest absolute Gasteiger partial charge is 0.321 e. The van der Waals surface area contributed by atoms with Crippen molar-refractivity contribution >= 4 is 39.1 Å². The molecule has 2 aromatic carbocycles. The van der Waals surface area contributed by atoms with Gasteiger partial charge in [-0.05, 0) is 65.2 Å². The van der Waals surface area contributed by atoms with Gasteiger partial charge in [0.1, 0.15) is 0 Å². The van der Waals surface area contributed by atoms with E-state index in [2.05, 4.69) is 21.2 Å². The Morgan fingerprint density at radius 2 is 1.89 bits per heavy atom. The molecule has 2 nitrogen and oxygen atoms in total. The van der Waals surface area contributed by atoms with E-state index in [-0.39, 0.29) is 5.91 Å². The minimum atomic E-state index is -0.175. The van der Waals surface area contributed by atoms with Crippen LogP contribution in [-0.2, 0) is 0 Å². The molecule has 4 heteroatoms. The van der Waals surface area contributed by atoms with Crippen molar-refractivity contribution in [2.45, 2.75) is 13.8 Å². The van der Waals surface area contributed by atoms with Crippen LogP contribution in [0.25, 0.3) is 0 Å². The standard InChI is InChI=1S/C15H13BrClNO/c1-9-3-6-14(12(16)7-9)18-15(19)11-5-4-10(2)13(17)8-11/h3-8H,1-2H3,(H,18,19). The summed E-state index contributed by atoms with van der Waals surface area (Å²) in [5.74, 6) is -0.175. The first-order valence-electron chi connectivity index (χ1n) is 5.81. The molecule has 0 aromatic heterocycles. The number of anilines is 1. The Morgan fingerprint density at radius 3 is 2.53 bits per heavy atom. The van der Waals surface area contributed by atoms with Crippen LogP contribution in [0, 0.1) is 13.8 Å². The van der Waals surface area contributed by atoms with Gasteiger partial charge >= 0.3 is 0 Å². The van der Waals surface area contributed by atoms with Crippen LogP contribution in [0.1, 0.15) is 21.5 Å². The second kappa shape index (κ2) is 5.76. The number of hydrogen-bond acceptors (Lipinski definition) is 1. The summed E-state index contributed by atoms with van der Waals surface area (Å²) in [6.45, 7) is 3.90. The van der Waals surface area contributed by atoms with Crippen molar-refractivity contribution in [2.75, 3.05) is 5.32 Å². The fourth-order valence-corrected chi connectivity index (χ4v) is 2.42. The van der Waals surface area contributed by atoms with E-state index in [1.165, 1.54) is 0 Å². The first kappa shape index (κ1) is 14.1. The number of rotatable bonds is 2. The van der Waals surface area contributed by atoms with Gasteiger partial charge in [0.05, 0.1) is 5.69 Å². The van der Waals surface area contributed by atoms with Crippen LogP contribution >= 0.6 is 27.5 Å². The van der Waals surface area contributed by atoms with Crippen LogP contribution in [0.3, 0.4) is 0 Å². The predicted molar refractivity (Wildman–Crippen MR) is 83.0 cm³/mol. The fourth-order valence-electron chi connectivity index (χ4n) is 1.65. The highest BCUT2D eigenvalue weighted by Gasteiger charge is 2.09. The Hall–Kier alpha value is -1.32. The number of halogens is 2. The smallest absolute Gasteiger partial charge is 0.255 e. The molecule has 0 radical (unpaired) electrons. The number of carbonyl (C=O) groups is 1. The number of nitrogens with one attached hydrogen (secondary N) is 1. The van der Waals surface area contributed by atoms with Crippen LogP contribution in [0.5, 0.6) is 0 Å². The Morgan fingerprint density at radius 1 is 1.16 bits per heavy atom. The summed E-state index contributed by atoms with van der Waals surface area (Å²) >= 11 is 9.46. The van der Waals surface area contributed by atoms with Crippen molar-refractivity contribution in [3.63, 3.8) is 0 Å². The summed E-state index contributed by atoms with van der Waals surface area (Å²) in [5, 5.41) is 3.45. The third-order valence-corrected chi connectivity index (χ3v) is 3.87. The zero-order chi connectivity index (χ0) is 14.0. The Balaban J connectivity index is 2.23. The average Bonchev–Trinajstić information content (AvgIpc) is 2.36. The molecule has 0 heterocycles. The van der Waals surface area contributed by atoms with Gasteiger partial charge in [-0.15, -0.1) is 0 Å². The quantitative estimate of drug-likeness (QED) is 0.823. The van der Waals surface area contributed by atoms with E-state index in [1.807, 2.05) is 38.1 Å². The molecule has 0 aliphatic heterocycles. The maximum Gasteiger partial charge on any atom is 0.255 e. The Bertz CT molecular complexity index is 640. The van der Waals surface area contributed by atoms with E-state index in [0.29, 0.717) is 10.6 Å². The van der Waals surface area contributed by atoms with Gasteiger partial charge in [-0.25, -0.2) is 0 Å². The third kappa shape index (κ3) is 3.37. The highest BCUT2D eigenvalue weighted by molar-refractivity contribution is 9.10. The zero-order valence-corrected chi connectivity index (χ0v) is 13.0. The lowest BCUT2D eigenvalue weighted by Crippen LogP contribution is -2.12. The van der Waals surface area contributed by atoms with Crippen molar-refractivity contribution in [3.05, 3.63) is 62.6 Å². The normalized spacial score (nSPS) is 10.3. The second-order valence-electron chi connectivity index (χ2n) is 4.40. The van der Waals surface area contributed by atoms with Crippen molar-refractivity contribution < 1.29 is 4.79 Å². The first-order valence-corrected chi connectivity index (χ1v) is 6.98. The SMILES string of the molecule is Cc1ccc(NC(=O)c2ccc(C)c(Cl)c2)c(Br)c1. The van der Waals surface area contributed by atoms with Gasteiger partial charge < -0.3 is 5.32 Å². The van der Waals surface area contributed by atoms with Gasteiger partial charge in [0.2, 0.25) is 0 Å². The molecule has 2 aromatic rings. The Kier molecular flexibility index (Phi) is 4.27. The molecule has 0 fully saturated rings. The van der Waals surface area contributed by atoms with Crippen LogP contribution in [0.4, 0.5) is 5.69 Å². The minimum absolute atomic E-state index is 0.175. The number of amides is 1. The molecule has 19 heavy (non-hydrogen) atoms. The molecular weight excluding hydrogens is 326 g/mol. The lowest BCUT2D eigenvalue weighted by Gasteiger charge is -2.09. The average molecular weight is 339 g/mol. The van der Waals surface area contributed by atoms with Gasteiger partial charge in [-0.3, -0.25) is 4.79 Å². The maximum absolute atomic E-state index is 12.1. The fraction of sp³-hybridized carbons (Fsp3) is 0.133. The Labute approximate surface area is 125 Å². The third-order valence-electron chi connectivity index (χ3n) is 2.81. The van der Waals surface area contributed by atoms with Crippen molar-refractivity contribution in [1.29, 1.82) is 0 Å². The van der Waals surface area contributed by atoms with Gasteiger partial charge in [0.15, 0.2) is 0 Å². The van der Waals surface area contributed by atoms with E-state index in [9.17, 15) is 4.79 Å². The molecule has 98 valence electrons. The van der Waals surface area contributed by atoms with Crippen molar-refractivity contribution in [1.82, 2.24) is 0 Å². The highest BCUT2D eigenvalue weighted by atomic mass is 79.9. The summed E-state index contributed by atoms with van der Waals surface area (Å²) in [6, 6.07) is 11.0. The van der Waals surface area contributed by atoms with E-state index in [1.54, 1.807) is 12.1 Å². The second-order valence-corrected chi connectivity index (χ2v) is 5.66. The van der Waals surface area contributed by atoms with Gasteiger partial charge in [0.25, 0.3) is 5.91 Å². The lowest BCUT2D eigenvalue weighted by atomic mass is 10.1. The number of hydrogen-bond donors (Lipinski definition) is 1. The number of carbonyl (C=O) groups excluding carboxylic acids is 1. The highest BCUT2D eigenvalue weighted by Crippen LogP contribution is 2.24. The molecule has 0 atom stereocenters. The zero-order valence-electron chi connectivity index (χ0n) is 10.6. The number of benzene rings is 2. The molecule has 0 bridgehead atoms. The van der Waals surface area contributed by atoms with E-state index in [0.717, 1.165) is 21.3 Å². The van der Waals surface area contributed by atoms with Crippen molar-refractivity contribution in [2.24, 2.45) is 0 Å². The number of aryl methyl sites for hydroxylation is 2. The van der Waals surface area contributed by atoms with Crippen LogP contribution < -0.4 is 5.32 Å². The molecule has 0 saturated heterocycles. The molecular formula is C15H13BrClNO. The monoisotopic (exact) mass is 337 g/mol. The van der Waals surface area contributed by atoms with E-state index >= 15 is 0 Å². The molecule has 0 spiro atoms. The molecule has 2 rings (SSSR count). The van der Waals surface area contributed by atoms with Crippen LogP contribution in [0.2, 0.25) is 5.02 Å². The van der Waals surface area contributed by atoms with E-state index < -0.39 is 0 Å². The predicted octanol–water partition coefficient (Wildman–Crippen LogP) is 4.97. The summed E-state index contributed by atoms with van der Waals surface area (Å²) in [4.78, 5) is 12.1. The maximum atomic E-state index is 12.1. The van der Waals surface area contributed by atoms with Crippen LogP contribution in [-0.4, -0.2) is 5.91 Å². The summed E-state index contributed by atoms with van der Waals surface area (Å²) in [6.07, 6.45) is 0. The molecule has 0 aliphatic carbocycles. The molecule has 0 saturated carbocycles. The topological polar surface area (TPSA) is 29.1 Å². The molecule has 1 amide bonds. The van der Waals surface area contributed by atoms with Gasteiger partial charge in [-0.1, -0.05) is 23.7 Å². The summed E-state index contributed by atoms with van der Waals surface area (Å²) in [5.41, 5.74) is 3.37. The molecule has 1 N–H and O–H groups in total. The first-order chi connectivity index (χ1) is 8.97. The van der Waals surface area contributed by atoms with Gasteiger partial charge in [0, 0.05) is 15.1 Å². The van der Waals surface area contributed by atoms with Crippen molar-refractivity contribution in [3.8, 4) is 0 Å².